The average Bonchev–Trinajstić information content (AvgIpc) is 3.00. The highest BCUT2D eigenvalue weighted by atomic mass is 16.6. The molecule has 7 heteroatoms. The Labute approximate surface area is 146 Å². The van der Waals surface area contributed by atoms with E-state index < -0.39 is 5.92 Å². The molecule has 0 radical (unpaired) electrons. The van der Waals surface area contributed by atoms with Gasteiger partial charge in [0.2, 0.25) is 11.8 Å². The maximum atomic E-state index is 12.4. The molecule has 25 heavy (non-hydrogen) atoms. The first-order valence-corrected chi connectivity index (χ1v) is 8.61. The number of aliphatic hydroxyl groups is 1. The maximum Gasteiger partial charge on any atom is 0.227 e. The lowest BCUT2D eigenvalue weighted by Gasteiger charge is -2.23. The van der Waals surface area contributed by atoms with E-state index in [1.165, 1.54) is 0 Å². The van der Waals surface area contributed by atoms with Crippen LogP contribution >= 0.6 is 0 Å². The Morgan fingerprint density at radius 3 is 2.72 bits per heavy atom. The molecule has 1 aromatic carbocycles. The van der Waals surface area contributed by atoms with Crippen molar-refractivity contribution < 1.29 is 24.2 Å². The molecule has 0 saturated carbocycles. The maximum absolute atomic E-state index is 12.4. The summed E-state index contributed by atoms with van der Waals surface area (Å²) >= 11 is 0. The van der Waals surface area contributed by atoms with Crippen LogP contribution in [0.2, 0.25) is 0 Å². The smallest absolute Gasteiger partial charge is 0.227 e. The number of nitrogens with zero attached hydrogens (tertiary/aromatic N) is 1. The number of nitrogens with one attached hydrogen (secondary N) is 1. The van der Waals surface area contributed by atoms with E-state index in [9.17, 15) is 14.7 Å². The van der Waals surface area contributed by atoms with Crippen LogP contribution in [0.1, 0.15) is 20.3 Å². The van der Waals surface area contributed by atoms with Gasteiger partial charge in [0.05, 0.1) is 18.6 Å². The summed E-state index contributed by atoms with van der Waals surface area (Å²) < 4.78 is 11.0. The van der Waals surface area contributed by atoms with Gasteiger partial charge in [-0.15, -0.1) is 0 Å². The van der Waals surface area contributed by atoms with Gasteiger partial charge in [-0.2, -0.15) is 0 Å². The molecule has 2 amide bonds. The molecule has 3 rings (SSSR count). The van der Waals surface area contributed by atoms with Crippen LogP contribution in [-0.2, 0) is 9.59 Å². The third kappa shape index (κ3) is 3.71. The lowest BCUT2D eigenvalue weighted by atomic mass is 10.0. The van der Waals surface area contributed by atoms with Gasteiger partial charge in [0.1, 0.15) is 13.2 Å². The van der Waals surface area contributed by atoms with Crippen LogP contribution in [0.5, 0.6) is 11.5 Å². The second kappa shape index (κ2) is 7.31. The number of hydrogen-bond donors (Lipinski definition) is 2. The molecule has 0 bridgehead atoms. The molecular weight excluding hydrogens is 324 g/mol. The highest BCUT2D eigenvalue weighted by Gasteiger charge is 2.36. The van der Waals surface area contributed by atoms with Crippen LogP contribution in [-0.4, -0.2) is 49.3 Å². The van der Waals surface area contributed by atoms with Crippen LogP contribution in [0.25, 0.3) is 0 Å². The van der Waals surface area contributed by atoms with E-state index in [-0.39, 0.29) is 36.8 Å². The molecule has 2 N–H and O–H groups in total. The van der Waals surface area contributed by atoms with E-state index in [1.807, 2.05) is 13.8 Å². The second-order valence-electron chi connectivity index (χ2n) is 6.78. The van der Waals surface area contributed by atoms with E-state index in [0.717, 1.165) is 0 Å². The number of fused-ring (bicyclic) bond motifs is 1. The summed E-state index contributed by atoms with van der Waals surface area (Å²) in [5.41, 5.74) is 0.701. The Morgan fingerprint density at radius 1 is 1.32 bits per heavy atom. The molecule has 136 valence electrons. The largest absolute Gasteiger partial charge is 0.486 e. The highest BCUT2D eigenvalue weighted by Crippen LogP contribution is 2.36. The van der Waals surface area contributed by atoms with Gasteiger partial charge in [0.15, 0.2) is 11.5 Å². The van der Waals surface area contributed by atoms with Gasteiger partial charge in [0.25, 0.3) is 0 Å². The van der Waals surface area contributed by atoms with E-state index in [2.05, 4.69) is 5.32 Å². The first kappa shape index (κ1) is 17.5. The predicted octanol–water partition coefficient (Wildman–Crippen LogP) is 0.944. The molecule has 1 fully saturated rings. The molecule has 1 saturated heterocycles. The SMILES string of the molecule is CC(C)[C@H](CO)NC(=O)[C@H]1CC(=O)N(c2ccc3c(c2)OCCO3)C1. The van der Waals surface area contributed by atoms with Crippen LogP contribution in [0, 0.1) is 11.8 Å². The standard InChI is InChI=1S/C18H24N2O5/c1-11(2)14(10-21)19-18(23)12-7-17(22)20(9-12)13-3-4-15-16(8-13)25-6-5-24-15/h3-4,8,11-12,14,21H,5-7,9-10H2,1-2H3,(H,19,23)/t12-,14-/m0/s1. The summed E-state index contributed by atoms with van der Waals surface area (Å²) in [6.07, 6.45) is 0.163. The minimum atomic E-state index is -0.423. The number of hydrogen-bond acceptors (Lipinski definition) is 5. The van der Waals surface area contributed by atoms with Crippen molar-refractivity contribution >= 4 is 17.5 Å². The number of carbonyl (C=O) groups is 2. The van der Waals surface area contributed by atoms with Crippen LogP contribution in [0.15, 0.2) is 18.2 Å². The third-order valence-corrected chi connectivity index (χ3v) is 4.66. The van der Waals surface area contributed by atoms with Gasteiger partial charge in [-0.3, -0.25) is 9.59 Å². The fourth-order valence-corrected chi connectivity index (χ4v) is 3.06. The lowest BCUT2D eigenvalue weighted by molar-refractivity contribution is -0.127. The third-order valence-electron chi connectivity index (χ3n) is 4.66. The van der Waals surface area contributed by atoms with Crippen molar-refractivity contribution in [1.82, 2.24) is 5.32 Å². The Balaban J connectivity index is 1.69. The zero-order chi connectivity index (χ0) is 18.0. The van der Waals surface area contributed by atoms with Crippen molar-refractivity contribution in [3.05, 3.63) is 18.2 Å². The minimum absolute atomic E-state index is 0.0954. The molecule has 2 aliphatic heterocycles. The summed E-state index contributed by atoms with van der Waals surface area (Å²) in [7, 11) is 0. The normalized spacial score (nSPS) is 20.7. The number of aliphatic hydroxyl groups excluding tert-OH is 1. The van der Waals surface area contributed by atoms with Crippen molar-refractivity contribution in [1.29, 1.82) is 0 Å². The summed E-state index contributed by atoms with van der Waals surface area (Å²) in [6, 6.07) is 5.06. The van der Waals surface area contributed by atoms with Crippen molar-refractivity contribution in [2.24, 2.45) is 11.8 Å². The number of carbonyl (C=O) groups excluding carboxylic acids is 2. The first-order chi connectivity index (χ1) is 12.0. The topological polar surface area (TPSA) is 88.1 Å². The molecule has 0 unspecified atom stereocenters. The lowest BCUT2D eigenvalue weighted by Crippen LogP contribution is -2.44. The molecule has 0 spiro atoms. The molecule has 2 heterocycles. The summed E-state index contributed by atoms with van der Waals surface area (Å²) in [4.78, 5) is 26.4. The van der Waals surface area contributed by atoms with Crippen molar-refractivity contribution in [2.45, 2.75) is 26.3 Å². The van der Waals surface area contributed by atoms with Crippen molar-refractivity contribution in [3.63, 3.8) is 0 Å². The number of benzene rings is 1. The van der Waals surface area contributed by atoms with Crippen molar-refractivity contribution in [2.75, 3.05) is 31.3 Å². The second-order valence-corrected chi connectivity index (χ2v) is 6.78. The van der Waals surface area contributed by atoms with Gasteiger partial charge >= 0.3 is 0 Å². The number of amides is 2. The minimum Gasteiger partial charge on any atom is -0.486 e. The van der Waals surface area contributed by atoms with Gasteiger partial charge in [-0.25, -0.2) is 0 Å². The van der Waals surface area contributed by atoms with Crippen LogP contribution in [0.3, 0.4) is 0 Å². The Hall–Kier alpha value is -2.28. The average molecular weight is 348 g/mol. The quantitative estimate of drug-likeness (QED) is 0.827. The van der Waals surface area contributed by atoms with E-state index >= 15 is 0 Å². The Bertz CT molecular complexity index is 661. The number of ether oxygens (including phenoxy) is 2. The molecule has 2 aliphatic rings. The fraction of sp³-hybridized carbons (Fsp3) is 0.556. The molecule has 0 aromatic heterocycles. The summed E-state index contributed by atoms with van der Waals surface area (Å²) in [5, 5.41) is 12.2. The van der Waals surface area contributed by atoms with Gasteiger partial charge in [0, 0.05) is 24.7 Å². The zero-order valence-electron chi connectivity index (χ0n) is 14.5. The molecule has 1 aromatic rings. The zero-order valence-corrected chi connectivity index (χ0v) is 14.5. The van der Waals surface area contributed by atoms with Crippen molar-refractivity contribution in [3.8, 4) is 11.5 Å². The number of anilines is 1. The van der Waals surface area contributed by atoms with Crippen LogP contribution < -0.4 is 19.7 Å². The van der Waals surface area contributed by atoms with Crippen LogP contribution in [0.4, 0.5) is 5.69 Å². The van der Waals surface area contributed by atoms with E-state index in [1.54, 1.807) is 23.1 Å². The molecule has 7 nitrogen and oxygen atoms in total. The Morgan fingerprint density at radius 2 is 2.04 bits per heavy atom. The Kier molecular flexibility index (Phi) is 5.13. The summed E-state index contributed by atoms with van der Waals surface area (Å²) in [6.45, 7) is 5.06. The number of rotatable bonds is 5. The van der Waals surface area contributed by atoms with E-state index in [4.69, 9.17) is 9.47 Å². The van der Waals surface area contributed by atoms with Gasteiger partial charge in [-0.1, -0.05) is 13.8 Å². The van der Waals surface area contributed by atoms with Gasteiger partial charge in [-0.05, 0) is 18.1 Å². The predicted molar refractivity (Wildman–Crippen MR) is 91.7 cm³/mol. The monoisotopic (exact) mass is 348 g/mol. The first-order valence-electron chi connectivity index (χ1n) is 8.61. The van der Waals surface area contributed by atoms with E-state index in [0.29, 0.717) is 36.9 Å². The fourth-order valence-electron chi connectivity index (χ4n) is 3.06. The van der Waals surface area contributed by atoms with Gasteiger partial charge < -0.3 is 24.8 Å². The molecular formula is C18H24N2O5. The molecule has 0 aliphatic carbocycles. The summed E-state index contributed by atoms with van der Waals surface area (Å²) in [5.74, 6) is 0.694. The highest BCUT2D eigenvalue weighted by molar-refractivity contribution is 6.00. The molecule has 2 atom stereocenters.